The van der Waals surface area contributed by atoms with Gasteiger partial charge in [-0.1, -0.05) is 26.0 Å². The van der Waals surface area contributed by atoms with Crippen LogP contribution in [-0.2, 0) is 4.74 Å². The Kier molecular flexibility index (Phi) is 4.61. The maximum Gasteiger partial charge on any atom is 0.119 e. The summed E-state index contributed by atoms with van der Waals surface area (Å²) in [5.74, 6) is 1.50. The highest BCUT2D eigenvalue weighted by Gasteiger charge is 2.19. The number of rotatable bonds is 4. The van der Waals surface area contributed by atoms with E-state index in [9.17, 15) is 0 Å². The van der Waals surface area contributed by atoms with E-state index in [0.29, 0.717) is 18.0 Å². The first-order chi connectivity index (χ1) is 8.65. The third kappa shape index (κ3) is 3.72. The summed E-state index contributed by atoms with van der Waals surface area (Å²) >= 11 is 0. The van der Waals surface area contributed by atoms with Crippen molar-refractivity contribution in [2.24, 2.45) is 5.92 Å². The molecule has 1 aromatic rings. The van der Waals surface area contributed by atoms with Crippen LogP contribution in [0.25, 0.3) is 0 Å². The van der Waals surface area contributed by atoms with E-state index < -0.39 is 0 Å². The largest absolute Gasteiger partial charge is 0.493 e. The van der Waals surface area contributed by atoms with Gasteiger partial charge in [0.1, 0.15) is 5.75 Å². The molecule has 18 heavy (non-hydrogen) atoms. The molecule has 0 aromatic heterocycles. The summed E-state index contributed by atoms with van der Waals surface area (Å²) in [6, 6.07) is 9.04. The van der Waals surface area contributed by atoms with Crippen LogP contribution in [0.15, 0.2) is 24.3 Å². The molecule has 2 rings (SSSR count). The number of nitrogens with one attached hydrogen (secondary N) is 1. The molecule has 1 aliphatic heterocycles. The van der Waals surface area contributed by atoms with Gasteiger partial charge in [-0.05, 0) is 30.5 Å². The van der Waals surface area contributed by atoms with Crippen molar-refractivity contribution in [1.29, 1.82) is 0 Å². The molecule has 3 heteroatoms. The molecular formula is C15H23NO2. The minimum absolute atomic E-state index is 0.299. The highest BCUT2D eigenvalue weighted by molar-refractivity contribution is 5.29. The van der Waals surface area contributed by atoms with E-state index >= 15 is 0 Å². The molecule has 1 aromatic carbocycles. The molecule has 0 amide bonds. The second kappa shape index (κ2) is 6.21. The molecule has 1 fully saturated rings. The zero-order chi connectivity index (χ0) is 13.0. The quantitative estimate of drug-likeness (QED) is 0.890. The number of hydrogen-bond donors (Lipinski definition) is 1. The van der Waals surface area contributed by atoms with Crippen molar-refractivity contribution in [1.82, 2.24) is 5.32 Å². The van der Waals surface area contributed by atoms with Gasteiger partial charge in [0, 0.05) is 6.04 Å². The lowest BCUT2D eigenvalue weighted by atomic mass is 10.1. The SMILES string of the molecule is CC(C)COc1ccc(C2COCC(C)N2)cc1. The summed E-state index contributed by atoms with van der Waals surface area (Å²) in [5, 5.41) is 3.54. The lowest BCUT2D eigenvalue weighted by molar-refractivity contribution is 0.0504. The van der Waals surface area contributed by atoms with E-state index in [1.807, 2.05) is 12.1 Å². The maximum atomic E-state index is 5.68. The molecular weight excluding hydrogens is 226 g/mol. The predicted octanol–water partition coefficient (Wildman–Crippen LogP) is 2.77. The van der Waals surface area contributed by atoms with Crippen LogP contribution >= 0.6 is 0 Å². The lowest BCUT2D eigenvalue weighted by Crippen LogP contribution is -2.41. The van der Waals surface area contributed by atoms with Gasteiger partial charge in [0.2, 0.25) is 0 Å². The van der Waals surface area contributed by atoms with Crippen LogP contribution in [0.2, 0.25) is 0 Å². The van der Waals surface area contributed by atoms with Crippen molar-refractivity contribution in [2.75, 3.05) is 19.8 Å². The Balaban J connectivity index is 1.94. The van der Waals surface area contributed by atoms with Crippen molar-refractivity contribution in [3.05, 3.63) is 29.8 Å². The molecule has 1 aliphatic rings. The minimum Gasteiger partial charge on any atom is -0.493 e. The van der Waals surface area contributed by atoms with Crippen molar-refractivity contribution in [3.8, 4) is 5.75 Å². The fourth-order valence-electron chi connectivity index (χ4n) is 2.05. The Morgan fingerprint density at radius 2 is 2.00 bits per heavy atom. The van der Waals surface area contributed by atoms with Gasteiger partial charge in [-0.2, -0.15) is 0 Å². The maximum absolute atomic E-state index is 5.68. The smallest absolute Gasteiger partial charge is 0.119 e. The van der Waals surface area contributed by atoms with Crippen molar-refractivity contribution < 1.29 is 9.47 Å². The van der Waals surface area contributed by atoms with Crippen LogP contribution < -0.4 is 10.1 Å². The Morgan fingerprint density at radius 3 is 2.61 bits per heavy atom. The molecule has 0 bridgehead atoms. The molecule has 3 nitrogen and oxygen atoms in total. The van der Waals surface area contributed by atoms with Crippen molar-refractivity contribution >= 4 is 0 Å². The van der Waals surface area contributed by atoms with Gasteiger partial charge in [0.05, 0.1) is 25.9 Å². The van der Waals surface area contributed by atoms with Crippen LogP contribution in [0.5, 0.6) is 5.75 Å². The van der Waals surface area contributed by atoms with Gasteiger partial charge < -0.3 is 14.8 Å². The standard InChI is InChI=1S/C15H23NO2/c1-11(2)8-18-14-6-4-13(5-7-14)15-10-17-9-12(3)16-15/h4-7,11-12,15-16H,8-10H2,1-3H3. The van der Waals surface area contributed by atoms with E-state index in [-0.39, 0.29) is 0 Å². The zero-order valence-electron chi connectivity index (χ0n) is 11.5. The normalized spacial score (nSPS) is 24.2. The third-order valence-corrected chi connectivity index (χ3v) is 3.00. The summed E-state index contributed by atoms with van der Waals surface area (Å²) in [6.07, 6.45) is 0. The molecule has 1 saturated heterocycles. The molecule has 1 N–H and O–H groups in total. The average Bonchev–Trinajstić information content (AvgIpc) is 2.37. The van der Waals surface area contributed by atoms with Crippen molar-refractivity contribution in [2.45, 2.75) is 32.9 Å². The van der Waals surface area contributed by atoms with E-state index in [1.54, 1.807) is 0 Å². The minimum atomic E-state index is 0.299. The van der Waals surface area contributed by atoms with E-state index in [0.717, 1.165) is 25.6 Å². The molecule has 2 atom stereocenters. The summed E-state index contributed by atoms with van der Waals surface area (Å²) in [7, 11) is 0. The Labute approximate surface area is 109 Å². The Morgan fingerprint density at radius 1 is 1.28 bits per heavy atom. The van der Waals surface area contributed by atoms with E-state index in [2.05, 4.69) is 38.2 Å². The second-order valence-electron chi connectivity index (χ2n) is 5.43. The summed E-state index contributed by atoms with van der Waals surface area (Å²) in [6.45, 7) is 8.76. The van der Waals surface area contributed by atoms with Crippen LogP contribution in [0, 0.1) is 5.92 Å². The first-order valence-electron chi connectivity index (χ1n) is 6.71. The van der Waals surface area contributed by atoms with E-state index in [1.165, 1.54) is 5.56 Å². The predicted molar refractivity (Wildman–Crippen MR) is 72.9 cm³/mol. The highest BCUT2D eigenvalue weighted by Crippen LogP contribution is 2.21. The second-order valence-corrected chi connectivity index (χ2v) is 5.43. The fourth-order valence-corrected chi connectivity index (χ4v) is 2.05. The molecule has 2 unspecified atom stereocenters. The number of ether oxygens (including phenoxy) is 2. The fraction of sp³-hybridized carbons (Fsp3) is 0.600. The Hall–Kier alpha value is -1.06. The molecule has 1 heterocycles. The van der Waals surface area contributed by atoms with Crippen LogP contribution in [0.3, 0.4) is 0 Å². The molecule has 0 aliphatic carbocycles. The van der Waals surface area contributed by atoms with Crippen LogP contribution in [0.1, 0.15) is 32.4 Å². The lowest BCUT2D eigenvalue weighted by Gasteiger charge is -2.29. The van der Waals surface area contributed by atoms with E-state index in [4.69, 9.17) is 9.47 Å². The first-order valence-corrected chi connectivity index (χ1v) is 6.71. The number of morpholine rings is 1. The topological polar surface area (TPSA) is 30.5 Å². The van der Waals surface area contributed by atoms with Gasteiger partial charge in [0.15, 0.2) is 0 Å². The molecule has 0 spiro atoms. The summed E-state index contributed by atoms with van der Waals surface area (Å²) in [5.41, 5.74) is 1.26. The first kappa shape index (κ1) is 13.4. The average molecular weight is 249 g/mol. The highest BCUT2D eigenvalue weighted by atomic mass is 16.5. The van der Waals surface area contributed by atoms with Crippen molar-refractivity contribution in [3.63, 3.8) is 0 Å². The van der Waals surface area contributed by atoms with Gasteiger partial charge >= 0.3 is 0 Å². The molecule has 0 saturated carbocycles. The number of benzene rings is 1. The summed E-state index contributed by atoms with van der Waals surface area (Å²) in [4.78, 5) is 0. The molecule has 0 radical (unpaired) electrons. The van der Waals surface area contributed by atoms with Crippen LogP contribution in [0.4, 0.5) is 0 Å². The van der Waals surface area contributed by atoms with Crippen LogP contribution in [-0.4, -0.2) is 25.9 Å². The Bertz CT molecular complexity index is 361. The van der Waals surface area contributed by atoms with Gasteiger partial charge in [-0.15, -0.1) is 0 Å². The third-order valence-electron chi connectivity index (χ3n) is 3.00. The van der Waals surface area contributed by atoms with Gasteiger partial charge in [-0.3, -0.25) is 0 Å². The summed E-state index contributed by atoms with van der Waals surface area (Å²) < 4.78 is 11.2. The zero-order valence-corrected chi connectivity index (χ0v) is 11.5. The van der Waals surface area contributed by atoms with Gasteiger partial charge in [0.25, 0.3) is 0 Å². The molecule has 100 valence electrons. The monoisotopic (exact) mass is 249 g/mol. The van der Waals surface area contributed by atoms with Gasteiger partial charge in [-0.25, -0.2) is 0 Å². The number of hydrogen-bond acceptors (Lipinski definition) is 3.